The van der Waals surface area contributed by atoms with Gasteiger partial charge < -0.3 is 15.2 Å². The lowest BCUT2D eigenvalue weighted by atomic mass is 10.2. The van der Waals surface area contributed by atoms with E-state index in [0.29, 0.717) is 0 Å². The van der Waals surface area contributed by atoms with E-state index in [1.54, 1.807) is 0 Å². The number of carbonyl (C=O) groups excluding carboxylic acids is 1. The predicted octanol–water partition coefficient (Wildman–Crippen LogP) is 1.12. The maximum atomic E-state index is 11.6. The Hall–Kier alpha value is -2.90. The highest BCUT2D eigenvalue weighted by molar-refractivity contribution is 5.84. The van der Waals surface area contributed by atoms with Crippen molar-refractivity contribution in [2.24, 2.45) is 0 Å². The van der Waals surface area contributed by atoms with Gasteiger partial charge >= 0.3 is 11.7 Å². The molecule has 0 fully saturated rings. The second-order valence-electron chi connectivity index (χ2n) is 4.00. The molecule has 0 saturated carbocycles. The van der Waals surface area contributed by atoms with Gasteiger partial charge in [0.05, 0.1) is 4.92 Å². The van der Waals surface area contributed by atoms with E-state index >= 15 is 0 Å². The summed E-state index contributed by atoms with van der Waals surface area (Å²) in [6.07, 6.45) is 1.43. The summed E-state index contributed by atoms with van der Waals surface area (Å²) in [5.74, 6) is -1.95. The fraction of sp³-hybridized carbons (Fsp3) is 0.231. The molecule has 1 unspecified atom stereocenters. The first-order valence-corrected chi connectivity index (χ1v) is 5.95. The minimum Gasteiger partial charge on any atom is -0.480 e. The summed E-state index contributed by atoms with van der Waals surface area (Å²) < 4.78 is 5.05. The lowest BCUT2D eigenvalue weighted by Gasteiger charge is -2.13. The maximum Gasteiger partial charge on any atom is 0.326 e. The van der Waals surface area contributed by atoms with Gasteiger partial charge in [-0.2, -0.15) is 0 Å². The number of rotatable bonds is 8. The molecule has 0 aliphatic carbocycles. The number of hydrogen-bond donors (Lipinski definition) is 2. The van der Waals surface area contributed by atoms with Gasteiger partial charge in [0.25, 0.3) is 5.91 Å². The highest BCUT2D eigenvalue weighted by Crippen LogP contribution is 2.25. The van der Waals surface area contributed by atoms with Crippen LogP contribution in [0.25, 0.3) is 0 Å². The molecule has 1 amide bonds. The van der Waals surface area contributed by atoms with E-state index in [1.165, 1.54) is 30.3 Å². The van der Waals surface area contributed by atoms with Crippen LogP contribution in [0, 0.1) is 10.1 Å². The van der Waals surface area contributed by atoms with Gasteiger partial charge in [0, 0.05) is 6.07 Å². The van der Waals surface area contributed by atoms with Crippen LogP contribution < -0.4 is 10.1 Å². The number of para-hydroxylation sites is 2. The molecule has 21 heavy (non-hydrogen) atoms. The molecule has 2 N–H and O–H groups in total. The third kappa shape index (κ3) is 4.94. The molecule has 8 nitrogen and oxygen atoms in total. The normalized spacial score (nSPS) is 11.2. The van der Waals surface area contributed by atoms with Gasteiger partial charge in [-0.25, -0.2) is 4.79 Å². The largest absolute Gasteiger partial charge is 0.480 e. The molecule has 0 radical (unpaired) electrons. The summed E-state index contributed by atoms with van der Waals surface area (Å²) in [6.45, 7) is 2.87. The predicted molar refractivity (Wildman–Crippen MR) is 73.0 cm³/mol. The van der Waals surface area contributed by atoms with Crippen LogP contribution >= 0.6 is 0 Å². The lowest BCUT2D eigenvalue weighted by molar-refractivity contribution is -0.385. The molecule has 0 aromatic heterocycles. The van der Waals surface area contributed by atoms with Gasteiger partial charge in [-0.15, -0.1) is 6.58 Å². The second-order valence-corrected chi connectivity index (χ2v) is 4.00. The number of carboxylic acid groups (broad SMARTS) is 1. The molecule has 0 aliphatic rings. The Labute approximate surface area is 120 Å². The lowest BCUT2D eigenvalue weighted by Crippen LogP contribution is -2.42. The fourth-order valence-corrected chi connectivity index (χ4v) is 1.50. The van der Waals surface area contributed by atoms with Crippen molar-refractivity contribution in [2.45, 2.75) is 12.5 Å². The van der Waals surface area contributed by atoms with Crippen LogP contribution in [0.5, 0.6) is 5.75 Å². The van der Waals surface area contributed by atoms with E-state index in [1.807, 2.05) is 0 Å². The van der Waals surface area contributed by atoms with Crippen LogP contribution in [-0.2, 0) is 9.59 Å². The molecule has 1 aromatic rings. The molecule has 0 spiro atoms. The zero-order valence-electron chi connectivity index (χ0n) is 11.0. The van der Waals surface area contributed by atoms with Gasteiger partial charge in [0.15, 0.2) is 12.4 Å². The number of nitrogens with one attached hydrogen (secondary N) is 1. The minimum atomic E-state index is -1.20. The maximum absolute atomic E-state index is 11.6. The zero-order chi connectivity index (χ0) is 15.8. The molecule has 1 rings (SSSR count). The van der Waals surface area contributed by atoms with Gasteiger partial charge in [0.1, 0.15) is 6.04 Å². The fourth-order valence-electron chi connectivity index (χ4n) is 1.50. The van der Waals surface area contributed by atoms with Crippen molar-refractivity contribution in [2.75, 3.05) is 6.61 Å². The minimum absolute atomic E-state index is 0.0618. The SMILES string of the molecule is C=CCC(NC(=O)COc1ccccc1[N+](=O)[O-])C(=O)O. The van der Waals surface area contributed by atoms with E-state index in [4.69, 9.17) is 9.84 Å². The second kappa shape index (κ2) is 7.63. The highest BCUT2D eigenvalue weighted by Gasteiger charge is 2.20. The smallest absolute Gasteiger partial charge is 0.326 e. The summed E-state index contributed by atoms with van der Waals surface area (Å²) in [6, 6.07) is 4.48. The molecule has 0 saturated heterocycles. The van der Waals surface area contributed by atoms with Crippen molar-refractivity contribution in [3.8, 4) is 5.75 Å². The van der Waals surface area contributed by atoms with Crippen LogP contribution in [-0.4, -0.2) is 34.6 Å². The standard InChI is InChI=1S/C13H14N2O6/c1-2-5-9(13(17)18)14-12(16)8-21-11-7-4-3-6-10(11)15(19)20/h2-4,6-7,9H,1,5,8H2,(H,14,16)(H,17,18). The first-order chi connectivity index (χ1) is 9.95. The van der Waals surface area contributed by atoms with Crippen LogP contribution in [0.3, 0.4) is 0 Å². The molecule has 0 aliphatic heterocycles. The summed E-state index contributed by atoms with van der Waals surface area (Å²) >= 11 is 0. The van der Waals surface area contributed by atoms with Crippen LogP contribution in [0.4, 0.5) is 5.69 Å². The average Bonchev–Trinajstić information content (AvgIpc) is 2.44. The van der Waals surface area contributed by atoms with E-state index in [9.17, 15) is 19.7 Å². The molecular weight excluding hydrogens is 280 g/mol. The van der Waals surface area contributed by atoms with E-state index in [2.05, 4.69) is 11.9 Å². The third-order valence-electron chi connectivity index (χ3n) is 2.46. The van der Waals surface area contributed by atoms with Gasteiger partial charge in [0.2, 0.25) is 0 Å². The number of nitro groups is 1. The molecule has 0 heterocycles. The molecule has 1 aromatic carbocycles. The Morgan fingerprint density at radius 3 is 2.71 bits per heavy atom. The van der Waals surface area contributed by atoms with Crippen molar-refractivity contribution in [1.82, 2.24) is 5.32 Å². The monoisotopic (exact) mass is 294 g/mol. The number of benzene rings is 1. The van der Waals surface area contributed by atoms with Crippen molar-refractivity contribution in [3.05, 3.63) is 47.0 Å². The summed E-state index contributed by atoms with van der Waals surface area (Å²) in [5, 5.41) is 21.8. The summed E-state index contributed by atoms with van der Waals surface area (Å²) in [7, 11) is 0. The van der Waals surface area contributed by atoms with Crippen LogP contribution in [0.1, 0.15) is 6.42 Å². The topological polar surface area (TPSA) is 119 Å². The first-order valence-electron chi connectivity index (χ1n) is 5.95. The Morgan fingerprint density at radius 2 is 2.14 bits per heavy atom. The number of ether oxygens (including phenoxy) is 1. The Kier molecular flexibility index (Phi) is 5.87. The molecule has 112 valence electrons. The number of aliphatic carboxylic acids is 1. The van der Waals surface area contributed by atoms with E-state index in [-0.39, 0.29) is 17.9 Å². The van der Waals surface area contributed by atoms with E-state index in [0.717, 1.165) is 0 Å². The zero-order valence-corrected chi connectivity index (χ0v) is 11.0. The first kappa shape index (κ1) is 16.2. The highest BCUT2D eigenvalue weighted by atomic mass is 16.6. The molecular formula is C13H14N2O6. The Bertz CT molecular complexity index is 557. The number of nitrogens with zero attached hydrogens (tertiary/aromatic N) is 1. The number of carboxylic acids is 1. The van der Waals surface area contributed by atoms with Crippen molar-refractivity contribution in [3.63, 3.8) is 0 Å². The van der Waals surface area contributed by atoms with Gasteiger partial charge in [-0.3, -0.25) is 14.9 Å². The summed E-state index contributed by atoms with van der Waals surface area (Å²) in [5.41, 5.74) is -0.272. The molecule has 8 heteroatoms. The van der Waals surface area contributed by atoms with Crippen molar-refractivity contribution < 1.29 is 24.4 Å². The number of carbonyl (C=O) groups is 2. The van der Waals surface area contributed by atoms with Gasteiger partial charge in [-0.05, 0) is 12.5 Å². The summed E-state index contributed by atoms with van der Waals surface area (Å²) in [4.78, 5) is 32.6. The van der Waals surface area contributed by atoms with E-state index < -0.39 is 29.4 Å². The number of amides is 1. The number of nitro benzene ring substituents is 1. The van der Waals surface area contributed by atoms with Crippen LogP contribution in [0.2, 0.25) is 0 Å². The Morgan fingerprint density at radius 1 is 1.48 bits per heavy atom. The molecule has 1 atom stereocenters. The van der Waals surface area contributed by atoms with Crippen molar-refractivity contribution in [1.29, 1.82) is 0 Å². The van der Waals surface area contributed by atoms with Crippen LogP contribution in [0.15, 0.2) is 36.9 Å². The number of hydrogen-bond acceptors (Lipinski definition) is 5. The Balaban J connectivity index is 2.63. The third-order valence-corrected chi connectivity index (χ3v) is 2.46. The molecule has 0 bridgehead atoms. The quantitative estimate of drug-likeness (QED) is 0.421. The average molecular weight is 294 g/mol. The van der Waals surface area contributed by atoms with Gasteiger partial charge in [-0.1, -0.05) is 18.2 Å². The van der Waals surface area contributed by atoms with Crippen molar-refractivity contribution >= 4 is 17.6 Å².